The number of halogens is 1. The van der Waals surface area contributed by atoms with Crippen LogP contribution in [0.15, 0.2) is 67.0 Å². The Morgan fingerprint density at radius 3 is 2.55 bits per heavy atom. The summed E-state index contributed by atoms with van der Waals surface area (Å²) in [5.41, 5.74) is 6.10. The Morgan fingerprint density at radius 2 is 1.80 bits per heavy atom. The Kier molecular flexibility index (Phi) is 11.3. The number of hydrogen-bond acceptors (Lipinski definition) is 9. The summed E-state index contributed by atoms with van der Waals surface area (Å²) in [5.74, 6) is 2.06. The largest absolute Gasteiger partial charge is 0.497 e. The fourth-order valence-corrected chi connectivity index (χ4v) is 6.87. The molecule has 0 spiro atoms. The molecule has 2 aromatic heterocycles. The van der Waals surface area contributed by atoms with Gasteiger partial charge in [-0.3, -0.25) is 0 Å². The lowest BCUT2D eigenvalue weighted by Gasteiger charge is -2.43. The molecule has 6 rings (SSSR count). The van der Waals surface area contributed by atoms with Crippen LogP contribution in [-0.4, -0.2) is 71.3 Å². The van der Waals surface area contributed by atoms with E-state index in [4.69, 9.17) is 39.8 Å². The number of anilines is 1. The van der Waals surface area contributed by atoms with Crippen molar-refractivity contribution in [1.29, 1.82) is 0 Å². The molecule has 1 saturated heterocycles. The highest BCUT2D eigenvalue weighted by molar-refractivity contribution is 8.29. The molecular weight excluding hydrogens is 686 g/mol. The van der Waals surface area contributed by atoms with Crippen LogP contribution in [-0.2, 0) is 15.5 Å². The van der Waals surface area contributed by atoms with E-state index in [2.05, 4.69) is 60.9 Å². The fraction of sp³-hybridized carbons (Fsp3) is 0.410. The first kappa shape index (κ1) is 36.8. The second-order valence-electron chi connectivity index (χ2n) is 13.9. The Morgan fingerprint density at radius 1 is 0.961 bits per heavy atom. The van der Waals surface area contributed by atoms with Crippen LogP contribution >= 0.6 is 21.9 Å². The van der Waals surface area contributed by atoms with E-state index >= 15 is 0 Å². The first-order valence-electron chi connectivity index (χ1n) is 17.2. The fourth-order valence-electron chi connectivity index (χ4n) is 5.82. The SMILES string of the molecule is COc1ccc(CNc2cnnc3cc(-c4cc(Cl)c(OCCOS(C)(C)C(C)(C)C)cc4-c4ccn(C5CCCCO5)n4)ccc23)c(OC)c1. The molecule has 51 heavy (non-hydrogen) atoms. The highest BCUT2D eigenvalue weighted by atomic mass is 35.5. The molecule has 3 aromatic carbocycles. The summed E-state index contributed by atoms with van der Waals surface area (Å²) < 4.78 is 31.5. The third-order valence-corrected chi connectivity index (χ3v) is 13.5. The summed E-state index contributed by atoms with van der Waals surface area (Å²) in [6.07, 6.45) is 11.1. The third-order valence-electron chi connectivity index (χ3n) is 9.52. The molecule has 1 fully saturated rings. The number of ether oxygens (including phenoxy) is 4. The molecule has 1 unspecified atom stereocenters. The predicted molar refractivity (Wildman–Crippen MR) is 208 cm³/mol. The summed E-state index contributed by atoms with van der Waals surface area (Å²) >= 11 is 6.93. The van der Waals surface area contributed by atoms with E-state index in [1.807, 2.05) is 53.3 Å². The van der Waals surface area contributed by atoms with Crippen molar-refractivity contribution in [3.63, 3.8) is 0 Å². The average molecular weight is 734 g/mol. The first-order valence-corrected chi connectivity index (χ1v) is 19.9. The van der Waals surface area contributed by atoms with E-state index in [9.17, 15) is 0 Å². The van der Waals surface area contributed by atoms with Gasteiger partial charge in [0.15, 0.2) is 0 Å². The van der Waals surface area contributed by atoms with Gasteiger partial charge in [0.05, 0.1) is 48.9 Å². The topological polar surface area (TPSA) is 102 Å². The van der Waals surface area contributed by atoms with Crippen molar-refractivity contribution in [2.45, 2.75) is 57.6 Å². The Bertz CT molecular complexity index is 1970. The molecule has 10 nitrogen and oxygen atoms in total. The van der Waals surface area contributed by atoms with Crippen LogP contribution in [0.4, 0.5) is 5.69 Å². The van der Waals surface area contributed by atoms with Crippen LogP contribution in [0.1, 0.15) is 51.8 Å². The normalized spacial score (nSPS) is 15.5. The minimum atomic E-state index is -1.27. The number of hydrogen-bond donors (Lipinski definition) is 1. The van der Waals surface area contributed by atoms with Gasteiger partial charge in [-0.05, 0) is 85.4 Å². The molecule has 1 N–H and O–H groups in total. The molecule has 1 aliphatic rings. The second kappa shape index (κ2) is 15.7. The molecule has 0 bridgehead atoms. The van der Waals surface area contributed by atoms with Crippen molar-refractivity contribution in [2.24, 2.45) is 0 Å². The van der Waals surface area contributed by atoms with Gasteiger partial charge in [0, 0.05) is 46.7 Å². The summed E-state index contributed by atoms with van der Waals surface area (Å²) in [4.78, 5) is 0. The van der Waals surface area contributed by atoms with E-state index in [-0.39, 0.29) is 11.0 Å². The van der Waals surface area contributed by atoms with Crippen LogP contribution in [0.2, 0.25) is 5.02 Å². The highest BCUT2D eigenvalue weighted by Crippen LogP contribution is 2.53. The van der Waals surface area contributed by atoms with Gasteiger partial charge in [0.25, 0.3) is 0 Å². The van der Waals surface area contributed by atoms with E-state index < -0.39 is 10.3 Å². The lowest BCUT2D eigenvalue weighted by atomic mass is 9.96. The summed E-state index contributed by atoms with van der Waals surface area (Å²) in [6, 6.07) is 17.9. The summed E-state index contributed by atoms with van der Waals surface area (Å²) in [5, 5.41) is 18.8. The van der Waals surface area contributed by atoms with Crippen LogP contribution in [0.25, 0.3) is 33.3 Å². The molecule has 0 radical (unpaired) electrons. The Labute approximate surface area is 307 Å². The van der Waals surface area contributed by atoms with Crippen molar-refractivity contribution in [3.8, 4) is 39.6 Å². The molecule has 1 aliphatic heterocycles. The van der Waals surface area contributed by atoms with Gasteiger partial charge < -0.3 is 28.4 Å². The van der Waals surface area contributed by atoms with Crippen LogP contribution < -0.4 is 19.5 Å². The number of fused-ring (bicyclic) bond motifs is 1. The third kappa shape index (κ3) is 8.38. The van der Waals surface area contributed by atoms with Gasteiger partial charge in [-0.2, -0.15) is 15.3 Å². The minimum Gasteiger partial charge on any atom is -0.497 e. The molecule has 0 amide bonds. The Hall–Kier alpha value is -4.03. The van der Waals surface area contributed by atoms with Crippen molar-refractivity contribution >= 4 is 38.5 Å². The number of benzene rings is 3. The maximum absolute atomic E-state index is 6.93. The molecule has 3 heterocycles. The maximum Gasteiger partial charge on any atom is 0.150 e. The van der Waals surface area contributed by atoms with Gasteiger partial charge >= 0.3 is 0 Å². The highest BCUT2D eigenvalue weighted by Gasteiger charge is 2.28. The van der Waals surface area contributed by atoms with E-state index in [1.54, 1.807) is 20.4 Å². The van der Waals surface area contributed by atoms with E-state index in [0.29, 0.717) is 30.5 Å². The average Bonchev–Trinajstić information content (AvgIpc) is 3.63. The smallest absolute Gasteiger partial charge is 0.150 e. The van der Waals surface area contributed by atoms with Crippen molar-refractivity contribution in [3.05, 3.63) is 77.6 Å². The second-order valence-corrected chi connectivity index (χ2v) is 18.2. The lowest BCUT2D eigenvalue weighted by molar-refractivity contribution is -0.0393. The molecular formula is C39H48ClN5O5S. The number of nitrogens with one attached hydrogen (secondary N) is 1. The van der Waals surface area contributed by atoms with Gasteiger partial charge in [-0.15, -0.1) is 10.3 Å². The first-order chi connectivity index (χ1) is 24.5. The standard InChI is InChI=1S/C39H48ClN5O5S/c1-39(2,3)51(6,7)50-19-18-48-37-23-31(33-15-16-45(44-33)38-10-8-9-17-49-38)30(22-32(37)40)26-12-14-29-34(20-26)43-42-25-35(29)41-24-27-11-13-28(46-4)21-36(27)47-5/h11-16,20-23,25,38H,8-10,17-19,24H2,1-7H3,(H,41,43). The minimum absolute atomic E-state index is 0.0610. The van der Waals surface area contributed by atoms with Gasteiger partial charge in [0.2, 0.25) is 0 Å². The zero-order valence-corrected chi connectivity index (χ0v) is 32.1. The van der Waals surface area contributed by atoms with Gasteiger partial charge in [-0.25, -0.2) is 4.68 Å². The lowest BCUT2D eigenvalue weighted by Crippen LogP contribution is -2.26. The Balaban J connectivity index is 1.30. The number of nitrogens with zero attached hydrogens (tertiary/aromatic N) is 4. The number of rotatable bonds is 13. The van der Waals surface area contributed by atoms with Crippen LogP contribution in [0, 0.1) is 0 Å². The van der Waals surface area contributed by atoms with Crippen LogP contribution in [0.3, 0.4) is 0 Å². The maximum atomic E-state index is 6.93. The molecule has 5 aromatic rings. The number of aromatic nitrogens is 4. The van der Waals surface area contributed by atoms with E-state index in [1.165, 1.54) is 0 Å². The van der Waals surface area contributed by atoms with Crippen molar-refractivity contribution in [1.82, 2.24) is 20.0 Å². The number of methoxy groups -OCH3 is 2. The van der Waals surface area contributed by atoms with Crippen LogP contribution in [0.5, 0.6) is 17.2 Å². The summed E-state index contributed by atoms with van der Waals surface area (Å²) in [6.45, 7) is 8.73. The molecule has 12 heteroatoms. The van der Waals surface area contributed by atoms with Crippen molar-refractivity contribution < 1.29 is 23.1 Å². The summed E-state index contributed by atoms with van der Waals surface area (Å²) in [7, 11) is 2.02. The molecule has 0 aliphatic carbocycles. The zero-order valence-electron chi connectivity index (χ0n) is 30.5. The molecule has 272 valence electrons. The zero-order chi connectivity index (χ0) is 36.2. The monoisotopic (exact) mass is 733 g/mol. The predicted octanol–water partition coefficient (Wildman–Crippen LogP) is 9.32. The van der Waals surface area contributed by atoms with Gasteiger partial charge in [-0.1, -0.05) is 38.4 Å². The van der Waals surface area contributed by atoms with Crippen molar-refractivity contribution in [2.75, 3.05) is 51.9 Å². The molecule has 0 saturated carbocycles. The van der Waals surface area contributed by atoms with E-state index in [0.717, 1.165) is 81.9 Å². The quantitative estimate of drug-likeness (QED) is 0.119. The van der Waals surface area contributed by atoms with Gasteiger partial charge in [0.1, 0.15) is 30.1 Å². The molecule has 1 atom stereocenters.